The molecular formula is C3H6Al2N2O2. The number of hydrogen-bond donors (Lipinski definition) is 0. The minimum Gasteiger partial charge on any atom is -0.499 e. The molecule has 9 heavy (non-hydrogen) atoms. The van der Waals surface area contributed by atoms with Crippen molar-refractivity contribution in [1.29, 1.82) is 0 Å². The highest BCUT2D eigenvalue weighted by molar-refractivity contribution is 6.44. The molecule has 0 aliphatic rings. The van der Waals surface area contributed by atoms with Gasteiger partial charge in [0.2, 0.25) is 0 Å². The van der Waals surface area contributed by atoms with Crippen LogP contribution >= 0.6 is 0 Å². The van der Waals surface area contributed by atoms with Gasteiger partial charge in [-0.25, -0.2) is 0 Å². The number of aromatic nitrogens is 2. The Kier molecular flexibility index (Phi) is 2.72. The molecule has 0 amide bonds. The highest BCUT2D eigenvalue weighted by Gasteiger charge is 2.04. The van der Waals surface area contributed by atoms with Crippen molar-refractivity contribution < 1.29 is 8.21 Å². The number of hydrogen-bond acceptors (Lipinski definition) is 4. The Labute approximate surface area is 67.1 Å². The average Bonchev–Trinajstić information content (AvgIpc) is 2.17. The van der Waals surface area contributed by atoms with Crippen molar-refractivity contribution >= 4 is 41.3 Å². The van der Waals surface area contributed by atoms with Crippen LogP contribution in [0.1, 0.15) is 0 Å². The Bertz CT molecular complexity index is 190. The third-order valence-corrected chi connectivity index (χ3v) is 2.06. The quantitative estimate of drug-likeness (QED) is 0.427. The third kappa shape index (κ3) is 2.10. The molecule has 46 valence electrons. The van der Waals surface area contributed by atoms with Gasteiger partial charge in [-0.1, -0.05) is 0 Å². The smallest absolute Gasteiger partial charge is 0.499 e. The lowest BCUT2D eigenvalue weighted by Crippen LogP contribution is -2.17. The zero-order valence-electron chi connectivity index (χ0n) is 5.42. The summed E-state index contributed by atoms with van der Waals surface area (Å²) in [6.45, 7) is 0. The van der Waals surface area contributed by atoms with Crippen LogP contribution < -0.4 is 9.51 Å². The molecule has 0 saturated carbocycles. The summed E-state index contributed by atoms with van der Waals surface area (Å²) in [4.78, 5) is 0. The molecule has 0 spiro atoms. The molecule has 4 nitrogen and oxygen atoms in total. The first-order valence-electron chi connectivity index (χ1n) is 2.61. The monoisotopic (exact) mass is 156 g/mol. The molecule has 1 aromatic heterocycles. The van der Waals surface area contributed by atoms with Gasteiger partial charge in [-0.05, 0) is 0 Å². The second-order valence-corrected chi connectivity index (χ2v) is 3.97. The fourth-order valence-corrected chi connectivity index (χ4v) is 1.79. The van der Waals surface area contributed by atoms with Crippen LogP contribution in [0.3, 0.4) is 0 Å². The van der Waals surface area contributed by atoms with Gasteiger partial charge in [0.1, 0.15) is 4.75 Å². The van der Waals surface area contributed by atoms with Gasteiger partial charge in [-0.15, -0.1) is 10.2 Å². The Balaban J connectivity index is 2.61. The van der Waals surface area contributed by atoms with Gasteiger partial charge < -0.3 is 8.21 Å². The summed E-state index contributed by atoms with van der Waals surface area (Å²) in [5, 5.41) is 7.50. The molecule has 1 heterocycles. The van der Waals surface area contributed by atoms with Gasteiger partial charge in [-0.3, -0.25) is 0 Å². The zero-order valence-corrected chi connectivity index (χ0v) is 8.83. The van der Waals surface area contributed by atoms with Crippen molar-refractivity contribution in [1.82, 2.24) is 10.2 Å². The summed E-state index contributed by atoms with van der Waals surface area (Å²) in [7, 11) is 1.66. The van der Waals surface area contributed by atoms with Gasteiger partial charge in [0.05, 0.1) is 0 Å². The van der Waals surface area contributed by atoms with E-state index in [0.717, 1.165) is 21.0 Å². The van der Waals surface area contributed by atoms with E-state index in [2.05, 4.69) is 10.2 Å². The van der Waals surface area contributed by atoms with E-state index in [0.29, 0.717) is 4.75 Å². The van der Waals surface area contributed by atoms with E-state index in [-0.39, 0.29) is 0 Å². The fourth-order valence-electron chi connectivity index (χ4n) is 0.519. The van der Waals surface area contributed by atoms with E-state index >= 15 is 0 Å². The second-order valence-electron chi connectivity index (χ2n) is 1.65. The van der Waals surface area contributed by atoms with Gasteiger partial charge in [0.25, 0.3) is 0 Å². The Morgan fingerprint density at radius 2 is 2.44 bits per heavy atom. The Hall–Kier alpha value is 0.165. The molecule has 0 bridgehead atoms. The molecule has 0 saturated heterocycles. The lowest BCUT2D eigenvalue weighted by molar-refractivity contribution is 0.441. The summed E-state index contributed by atoms with van der Waals surface area (Å²) in [5.41, 5.74) is 0. The fraction of sp³-hybridized carbons (Fsp3) is 0.333. The topological polar surface area (TPSA) is 48.2 Å². The van der Waals surface area contributed by atoms with Crippen molar-refractivity contribution in [3.8, 4) is 0 Å². The van der Waals surface area contributed by atoms with Crippen LogP contribution in [0, 0.1) is 0 Å². The van der Waals surface area contributed by atoms with E-state index < -0.39 is 15.6 Å². The van der Waals surface area contributed by atoms with E-state index in [1.54, 1.807) is 7.11 Å². The van der Waals surface area contributed by atoms with Gasteiger partial charge in [-0.2, -0.15) is 0 Å². The van der Waals surface area contributed by atoms with Crippen molar-refractivity contribution in [3.05, 3.63) is 0 Å². The van der Waals surface area contributed by atoms with Crippen LogP contribution in [0.25, 0.3) is 0 Å². The Morgan fingerprint density at radius 3 is 2.89 bits per heavy atom. The molecule has 6 heteroatoms. The van der Waals surface area contributed by atoms with E-state index in [1.807, 2.05) is 0 Å². The molecule has 0 fully saturated rings. The van der Waals surface area contributed by atoms with Crippen LogP contribution in [0.2, 0.25) is 0 Å². The van der Waals surface area contributed by atoms with Crippen molar-refractivity contribution in [2.75, 3.05) is 7.11 Å². The first-order valence-corrected chi connectivity index (χ1v) is 4.89. The average molecular weight is 156 g/mol. The second kappa shape index (κ2) is 3.36. The zero-order chi connectivity index (χ0) is 6.69. The summed E-state index contributed by atoms with van der Waals surface area (Å²) < 4.78 is 11.4. The van der Waals surface area contributed by atoms with Crippen molar-refractivity contribution in [3.63, 3.8) is 0 Å². The predicted molar refractivity (Wildman–Crippen MR) is 36.3 cm³/mol. The summed E-state index contributed by atoms with van der Waals surface area (Å²) >= 11 is 0.130. The van der Waals surface area contributed by atoms with Crippen molar-refractivity contribution in [2.24, 2.45) is 0 Å². The molecule has 0 aliphatic heterocycles. The first kappa shape index (κ1) is 7.27. The summed E-state index contributed by atoms with van der Waals surface area (Å²) in [6, 6.07) is 0. The maximum atomic E-state index is 5.10. The highest BCUT2D eigenvalue weighted by Crippen LogP contribution is 1.64. The number of nitrogens with zero attached hydrogens (tertiary/aromatic N) is 2. The predicted octanol–water partition coefficient (Wildman–Crippen LogP) is -3.05. The summed E-state index contributed by atoms with van der Waals surface area (Å²) in [6.07, 6.45) is 0. The standard InChI is InChI=1S/C2N2O.CH3O.2Al.3H/c1-3-4-2-5-1;1-2;;;;;/h;1H3;;;;;/q;-1;;+1;;;. The lowest BCUT2D eigenvalue weighted by atomic mass is 11.5. The van der Waals surface area contributed by atoms with Crippen LogP contribution in [0.15, 0.2) is 4.42 Å². The molecule has 0 atom stereocenters. The van der Waals surface area contributed by atoms with E-state index in [4.69, 9.17) is 8.21 Å². The minimum atomic E-state index is -0.698. The van der Waals surface area contributed by atoms with Crippen LogP contribution in [-0.4, -0.2) is 49.2 Å². The number of rotatable bonds is 2. The van der Waals surface area contributed by atoms with Gasteiger partial charge in [0.15, 0.2) is 4.75 Å². The normalized spacial score (nSPS) is 9.44. The van der Waals surface area contributed by atoms with E-state index in [1.165, 1.54) is 0 Å². The molecule has 0 N–H and O–H groups in total. The lowest BCUT2D eigenvalue weighted by Gasteiger charge is -1.83. The summed E-state index contributed by atoms with van der Waals surface area (Å²) in [5.74, 6) is 0. The van der Waals surface area contributed by atoms with E-state index in [9.17, 15) is 0 Å². The molecule has 0 aromatic carbocycles. The SMILES string of the molecule is C[O][AlH][c]1nn[c]([AlH2])o1. The molecule has 1 rings (SSSR count). The minimum absolute atomic E-state index is 0.697. The third-order valence-electron chi connectivity index (χ3n) is 0.836. The highest BCUT2D eigenvalue weighted by atomic mass is 27.1. The first-order chi connectivity index (χ1) is 4.33. The Morgan fingerprint density at radius 1 is 1.67 bits per heavy atom. The molecule has 0 unspecified atom stereocenters. The maximum Gasteiger partial charge on any atom is 0.563 e. The van der Waals surface area contributed by atoms with Crippen LogP contribution in [0.5, 0.6) is 0 Å². The van der Waals surface area contributed by atoms with Gasteiger partial charge >= 0.3 is 31.8 Å². The molecule has 0 radical (unpaired) electrons. The van der Waals surface area contributed by atoms with Crippen LogP contribution in [0.4, 0.5) is 0 Å². The molecule has 0 aliphatic carbocycles. The maximum absolute atomic E-state index is 5.10. The van der Waals surface area contributed by atoms with Crippen LogP contribution in [-0.2, 0) is 3.79 Å². The van der Waals surface area contributed by atoms with Crippen molar-refractivity contribution in [2.45, 2.75) is 0 Å². The van der Waals surface area contributed by atoms with Gasteiger partial charge in [0, 0.05) is 7.11 Å². The molecule has 1 aromatic rings. The largest absolute Gasteiger partial charge is 0.563 e. The molecular weight excluding hydrogens is 150 g/mol.